The fourth-order valence-corrected chi connectivity index (χ4v) is 1.90. The average molecular weight is 279 g/mol. The third-order valence-electron chi connectivity index (χ3n) is 3.10. The number of aliphatic hydroxyl groups is 1. The molecule has 0 bridgehead atoms. The van der Waals surface area contributed by atoms with Crippen molar-refractivity contribution < 1.29 is 19.4 Å². The van der Waals surface area contributed by atoms with Gasteiger partial charge in [-0.25, -0.2) is 4.79 Å². The normalized spacial score (nSPS) is 16.4. The van der Waals surface area contributed by atoms with E-state index in [2.05, 4.69) is 5.32 Å². The molecule has 2 N–H and O–H groups in total. The molecule has 20 heavy (non-hydrogen) atoms. The van der Waals surface area contributed by atoms with Gasteiger partial charge in [-0.05, 0) is 51.3 Å². The van der Waals surface area contributed by atoms with Crippen LogP contribution >= 0.6 is 0 Å². The first-order valence-electron chi connectivity index (χ1n) is 6.64. The molecule has 2 rings (SSSR count). The summed E-state index contributed by atoms with van der Waals surface area (Å²) in [4.78, 5) is 11.8. The first-order valence-corrected chi connectivity index (χ1v) is 6.64. The highest BCUT2D eigenvalue weighted by Gasteiger charge is 2.42. The summed E-state index contributed by atoms with van der Waals surface area (Å²) in [5, 5.41) is 12.7. The lowest BCUT2D eigenvalue weighted by Gasteiger charge is -2.20. The molecule has 1 aromatic rings. The van der Waals surface area contributed by atoms with Gasteiger partial charge in [0.05, 0.1) is 18.4 Å². The number of carbonyl (C=O) groups excluding carboxylic acids is 1. The molecule has 1 amide bonds. The summed E-state index contributed by atoms with van der Waals surface area (Å²) in [7, 11) is 1.52. The van der Waals surface area contributed by atoms with Gasteiger partial charge < -0.3 is 14.6 Å². The summed E-state index contributed by atoms with van der Waals surface area (Å²) in [6, 6.07) is 5.26. The van der Waals surface area contributed by atoms with Gasteiger partial charge in [0.1, 0.15) is 11.4 Å². The largest absolute Gasteiger partial charge is 0.495 e. The van der Waals surface area contributed by atoms with Gasteiger partial charge in [0.2, 0.25) is 0 Å². The lowest BCUT2D eigenvalue weighted by molar-refractivity contribution is 0.0635. The number of benzene rings is 1. The second-order valence-corrected chi connectivity index (χ2v) is 6.07. The highest BCUT2D eigenvalue weighted by molar-refractivity contribution is 5.87. The number of nitrogens with one attached hydrogen (secondary N) is 1. The van der Waals surface area contributed by atoms with Crippen LogP contribution in [0.3, 0.4) is 0 Å². The predicted octanol–water partition coefficient (Wildman–Crippen LogP) is 3.02. The number of ether oxygens (including phenoxy) is 2. The van der Waals surface area contributed by atoms with Gasteiger partial charge in [0.25, 0.3) is 0 Å². The maximum absolute atomic E-state index is 11.8. The van der Waals surface area contributed by atoms with E-state index in [-0.39, 0.29) is 0 Å². The van der Waals surface area contributed by atoms with Crippen LogP contribution in [0.1, 0.15) is 39.2 Å². The summed E-state index contributed by atoms with van der Waals surface area (Å²) in [6.07, 6.45) is 0.984. The van der Waals surface area contributed by atoms with Crippen molar-refractivity contribution in [1.82, 2.24) is 0 Å². The number of anilines is 1. The van der Waals surface area contributed by atoms with Gasteiger partial charge in [0.15, 0.2) is 0 Å². The molecule has 1 aliphatic carbocycles. The Morgan fingerprint density at radius 1 is 1.35 bits per heavy atom. The number of hydrogen-bond donors (Lipinski definition) is 2. The van der Waals surface area contributed by atoms with E-state index in [1.807, 2.05) is 0 Å². The smallest absolute Gasteiger partial charge is 0.412 e. The number of hydrogen-bond acceptors (Lipinski definition) is 4. The van der Waals surface area contributed by atoms with Crippen molar-refractivity contribution in [3.05, 3.63) is 23.8 Å². The lowest BCUT2D eigenvalue weighted by atomic mass is 10.1. The monoisotopic (exact) mass is 279 g/mol. The van der Waals surface area contributed by atoms with Crippen molar-refractivity contribution in [2.75, 3.05) is 12.4 Å². The Bertz CT molecular complexity index is 515. The van der Waals surface area contributed by atoms with Gasteiger partial charge in [-0.1, -0.05) is 6.07 Å². The zero-order chi connectivity index (χ0) is 15.0. The molecule has 1 saturated carbocycles. The Kier molecular flexibility index (Phi) is 3.65. The van der Waals surface area contributed by atoms with Gasteiger partial charge in [-0.2, -0.15) is 0 Å². The molecule has 1 aliphatic rings. The molecule has 1 aromatic carbocycles. The highest BCUT2D eigenvalue weighted by Crippen LogP contribution is 2.46. The molecular formula is C15H21NO4. The van der Waals surface area contributed by atoms with E-state index in [4.69, 9.17) is 9.47 Å². The van der Waals surface area contributed by atoms with Crippen LogP contribution in [0.25, 0.3) is 0 Å². The summed E-state index contributed by atoms with van der Waals surface area (Å²) in [6.45, 7) is 5.40. The van der Waals surface area contributed by atoms with Crippen molar-refractivity contribution in [2.45, 2.75) is 44.8 Å². The summed E-state index contributed by atoms with van der Waals surface area (Å²) >= 11 is 0. The van der Waals surface area contributed by atoms with E-state index in [1.165, 1.54) is 7.11 Å². The number of rotatable bonds is 3. The van der Waals surface area contributed by atoms with E-state index in [0.29, 0.717) is 11.4 Å². The fourth-order valence-electron chi connectivity index (χ4n) is 1.90. The minimum Gasteiger partial charge on any atom is -0.495 e. The molecule has 0 radical (unpaired) electrons. The van der Waals surface area contributed by atoms with E-state index in [9.17, 15) is 9.90 Å². The number of carbonyl (C=O) groups is 1. The highest BCUT2D eigenvalue weighted by atomic mass is 16.6. The molecule has 0 unspecified atom stereocenters. The van der Waals surface area contributed by atoms with Crippen LogP contribution in [0.15, 0.2) is 18.2 Å². The summed E-state index contributed by atoms with van der Waals surface area (Å²) < 4.78 is 10.5. The molecule has 0 heterocycles. The Morgan fingerprint density at radius 2 is 2.00 bits per heavy atom. The summed E-state index contributed by atoms with van der Waals surface area (Å²) in [5.41, 5.74) is 0.0527. The quantitative estimate of drug-likeness (QED) is 0.892. The number of amides is 1. The Balaban J connectivity index is 2.14. The fraction of sp³-hybridized carbons (Fsp3) is 0.533. The second kappa shape index (κ2) is 4.98. The molecule has 1 fully saturated rings. The van der Waals surface area contributed by atoms with Crippen molar-refractivity contribution >= 4 is 11.8 Å². The zero-order valence-electron chi connectivity index (χ0n) is 12.3. The standard InChI is InChI=1S/C15H21NO4/c1-14(2,3)20-13(17)16-11-6-5-10(9-12(11)19-4)15(18)7-8-15/h5-6,9,18H,7-8H2,1-4H3,(H,16,17). The minimum absolute atomic E-state index is 0.508. The van der Waals surface area contributed by atoms with Crippen LogP contribution in [0.2, 0.25) is 0 Å². The first kappa shape index (κ1) is 14.7. The van der Waals surface area contributed by atoms with Gasteiger partial charge in [-0.3, -0.25) is 5.32 Å². The van der Waals surface area contributed by atoms with Crippen molar-refractivity contribution in [3.8, 4) is 5.75 Å². The summed E-state index contributed by atoms with van der Waals surface area (Å²) in [5.74, 6) is 0.508. The van der Waals surface area contributed by atoms with Gasteiger partial charge in [-0.15, -0.1) is 0 Å². The van der Waals surface area contributed by atoms with E-state index in [0.717, 1.165) is 18.4 Å². The first-order chi connectivity index (χ1) is 9.23. The van der Waals surface area contributed by atoms with Crippen LogP contribution in [0.5, 0.6) is 5.75 Å². The lowest BCUT2D eigenvalue weighted by Crippen LogP contribution is -2.27. The molecule has 0 atom stereocenters. The van der Waals surface area contributed by atoms with Crippen molar-refractivity contribution in [3.63, 3.8) is 0 Å². The van der Waals surface area contributed by atoms with Crippen LogP contribution in [0.4, 0.5) is 10.5 Å². The predicted molar refractivity (Wildman–Crippen MR) is 76.0 cm³/mol. The van der Waals surface area contributed by atoms with Crippen LogP contribution in [0, 0.1) is 0 Å². The third kappa shape index (κ3) is 3.42. The Morgan fingerprint density at radius 3 is 2.50 bits per heavy atom. The number of methoxy groups -OCH3 is 1. The topological polar surface area (TPSA) is 67.8 Å². The van der Waals surface area contributed by atoms with Crippen LogP contribution in [-0.4, -0.2) is 23.9 Å². The van der Waals surface area contributed by atoms with E-state index in [1.54, 1.807) is 39.0 Å². The maximum Gasteiger partial charge on any atom is 0.412 e. The molecular weight excluding hydrogens is 258 g/mol. The van der Waals surface area contributed by atoms with Gasteiger partial charge in [0, 0.05) is 0 Å². The zero-order valence-corrected chi connectivity index (χ0v) is 12.3. The Hall–Kier alpha value is -1.75. The third-order valence-corrected chi connectivity index (χ3v) is 3.10. The molecule has 110 valence electrons. The molecule has 0 aromatic heterocycles. The molecule has 0 spiro atoms. The van der Waals surface area contributed by atoms with E-state index < -0.39 is 17.3 Å². The molecule has 0 aliphatic heterocycles. The van der Waals surface area contributed by atoms with E-state index >= 15 is 0 Å². The van der Waals surface area contributed by atoms with Gasteiger partial charge >= 0.3 is 6.09 Å². The average Bonchev–Trinajstić information content (AvgIpc) is 3.06. The SMILES string of the molecule is COc1cc(C2(O)CC2)ccc1NC(=O)OC(C)(C)C. The minimum atomic E-state index is -0.724. The maximum atomic E-state index is 11.8. The van der Waals surface area contributed by atoms with Crippen molar-refractivity contribution in [1.29, 1.82) is 0 Å². The molecule has 5 heteroatoms. The molecule has 0 saturated heterocycles. The molecule has 5 nitrogen and oxygen atoms in total. The Labute approximate surface area is 118 Å². The second-order valence-electron chi connectivity index (χ2n) is 6.07. The van der Waals surface area contributed by atoms with Crippen molar-refractivity contribution in [2.24, 2.45) is 0 Å². The van der Waals surface area contributed by atoms with Crippen LogP contribution < -0.4 is 10.1 Å². The van der Waals surface area contributed by atoms with Crippen LogP contribution in [-0.2, 0) is 10.3 Å².